The maximum Gasteiger partial charge on any atom is 0.220 e. The highest BCUT2D eigenvalue weighted by molar-refractivity contribution is 5.76. The highest BCUT2D eigenvalue weighted by atomic mass is 19.1. The lowest BCUT2D eigenvalue weighted by Crippen LogP contribution is -2.48. The maximum absolute atomic E-state index is 13.8. The lowest BCUT2D eigenvalue weighted by Gasteiger charge is -2.33. The number of ether oxygens (including phenoxy) is 1. The molecule has 1 aliphatic heterocycles. The van der Waals surface area contributed by atoms with E-state index in [0.717, 1.165) is 19.6 Å². The van der Waals surface area contributed by atoms with Crippen LogP contribution in [0.25, 0.3) is 11.3 Å². The molecule has 5 nitrogen and oxygen atoms in total. The van der Waals surface area contributed by atoms with Gasteiger partial charge in [-0.3, -0.25) is 9.69 Å². The molecule has 1 atom stereocenters. The van der Waals surface area contributed by atoms with E-state index in [1.54, 1.807) is 30.3 Å². The van der Waals surface area contributed by atoms with Gasteiger partial charge in [0.15, 0.2) is 0 Å². The zero-order valence-electron chi connectivity index (χ0n) is 16.6. The molecule has 3 rings (SSSR count). The molecule has 1 amide bonds. The molecule has 1 saturated heterocycles. The second-order valence-corrected chi connectivity index (χ2v) is 7.70. The van der Waals surface area contributed by atoms with Crippen molar-refractivity contribution in [3.05, 3.63) is 48.0 Å². The number of hydrogen-bond donors (Lipinski definition) is 1. The Balaban J connectivity index is 1.42. The summed E-state index contributed by atoms with van der Waals surface area (Å²) in [5.74, 6) is 1.42. The third-order valence-electron chi connectivity index (χ3n) is 4.77. The zero-order chi connectivity index (χ0) is 19.9. The molecular weight excluding hydrogens is 359 g/mol. The van der Waals surface area contributed by atoms with E-state index in [1.165, 1.54) is 6.07 Å². The van der Waals surface area contributed by atoms with Crippen molar-refractivity contribution in [3.63, 3.8) is 0 Å². The van der Waals surface area contributed by atoms with Crippen LogP contribution in [-0.2, 0) is 16.0 Å². The minimum Gasteiger partial charge on any atom is -0.461 e. The molecule has 1 N–H and O–H groups in total. The van der Waals surface area contributed by atoms with Crippen molar-refractivity contribution in [2.45, 2.75) is 32.8 Å². The summed E-state index contributed by atoms with van der Waals surface area (Å²) in [4.78, 5) is 14.6. The van der Waals surface area contributed by atoms with E-state index < -0.39 is 0 Å². The Kier molecular flexibility index (Phi) is 7.23. The molecule has 0 saturated carbocycles. The number of aryl methyl sites for hydroxylation is 1. The molecule has 0 unspecified atom stereocenters. The van der Waals surface area contributed by atoms with Crippen LogP contribution in [0.1, 0.15) is 26.0 Å². The topological polar surface area (TPSA) is 54.7 Å². The highest BCUT2D eigenvalue weighted by Gasteiger charge is 2.21. The van der Waals surface area contributed by atoms with Crippen molar-refractivity contribution in [1.82, 2.24) is 10.2 Å². The van der Waals surface area contributed by atoms with E-state index in [2.05, 4.69) is 24.1 Å². The van der Waals surface area contributed by atoms with Crippen LogP contribution in [0.4, 0.5) is 4.39 Å². The predicted octanol–water partition coefficient (Wildman–Crippen LogP) is 3.49. The van der Waals surface area contributed by atoms with Crippen LogP contribution in [0, 0.1) is 11.7 Å². The first-order chi connectivity index (χ1) is 13.5. The zero-order valence-corrected chi connectivity index (χ0v) is 16.6. The number of carbonyl (C=O) groups excluding carboxylic acids is 1. The van der Waals surface area contributed by atoms with Gasteiger partial charge in [0.2, 0.25) is 5.91 Å². The third-order valence-corrected chi connectivity index (χ3v) is 4.77. The summed E-state index contributed by atoms with van der Waals surface area (Å²) in [7, 11) is 0. The van der Waals surface area contributed by atoms with Gasteiger partial charge in [0, 0.05) is 39.0 Å². The van der Waals surface area contributed by atoms with Gasteiger partial charge in [-0.15, -0.1) is 0 Å². The van der Waals surface area contributed by atoms with Gasteiger partial charge in [-0.05, 0) is 30.2 Å². The number of furan rings is 1. The molecule has 1 aliphatic rings. The minimum absolute atomic E-state index is 0.0339. The molecule has 0 radical (unpaired) electrons. The third kappa shape index (κ3) is 5.91. The molecule has 6 heteroatoms. The number of morpholine rings is 1. The first kappa shape index (κ1) is 20.6. The summed E-state index contributed by atoms with van der Waals surface area (Å²) in [6.07, 6.45) is 0.838. The van der Waals surface area contributed by atoms with Crippen molar-refractivity contribution >= 4 is 5.91 Å². The summed E-state index contributed by atoms with van der Waals surface area (Å²) < 4.78 is 25.3. The summed E-state index contributed by atoms with van der Waals surface area (Å²) in [6, 6.07) is 10.0. The van der Waals surface area contributed by atoms with Crippen LogP contribution in [0.3, 0.4) is 0 Å². The van der Waals surface area contributed by atoms with Crippen LogP contribution in [-0.4, -0.2) is 49.7 Å². The van der Waals surface area contributed by atoms with Crippen molar-refractivity contribution in [2.75, 3.05) is 32.8 Å². The van der Waals surface area contributed by atoms with Gasteiger partial charge in [-0.2, -0.15) is 0 Å². The average Bonchev–Trinajstić information content (AvgIpc) is 3.14. The van der Waals surface area contributed by atoms with Crippen LogP contribution in [0.5, 0.6) is 0 Å². The number of benzene rings is 1. The van der Waals surface area contributed by atoms with Crippen LogP contribution < -0.4 is 5.32 Å². The standard InChI is InChI=1S/C22H29FN2O3/c1-16(2)14-25-11-12-27-18(15-25)13-24-22(26)10-8-17-7-9-21(28-17)19-5-3-4-6-20(19)23/h3-7,9,16,18H,8,10-15H2,1-2H3,(H,24,26)/t18-/m0/s1. The van der Waals surface area contributed by atoms with Crippen molar-refractivity contribution < 1.29 is 18.3 Å². The Morgan fingerprint density at radius 3 is 2.89 bits per heavy atom. The van der Waals surface area contributed by atoms with E-state index in [1.807, 2.05) is 0 Å². The lowest BCUT2D eigenvalue weighted by atomic mass is 10.1. The van der Waals surface area contributed by atoms with Crippen LogP contribution in [0.15, 0.2) is 40.8 Å². The van der Waals surface area contributed by atoms with Crippen LogP contribution >= 0.6 is 0 Å². The fourth-order valence-electron chi connectivity index (χ4n) is 3.46. The van der Waals surface area contributed by atoms with Gasteiger partial charge >= 0.3 is 0 Å². The fourth-order valence-corrected chi connectivity index (χ4v) is 3.46. The highest BCUT2D eigenvalue weighted by Crippen LogP contribution is 2.25. The number of nitrogens with one attached hydrogen (secondary N) is 1. The van der Waals surface area contributed by atoms with E-state index in [4.69, 9.17) is 9.15 Å². The number of nitrogens with zero attached hydrogens (tertiary/aromatic N) is 1. The van der Waals surface area contributed by atoms with Gasteiger partial charge in [-0.25, -0.2) is 4.39 Å². The maximum atomic E-state index is 13.8. The van der Waals surface area contributed by atoms with Crippen LogP contribution in [0.2, 0.25) is 0 Å². The number of rotatable bonds is 8. The first-order valence-corrected chi connectivity index (χ1v) is 9.95. The molecule has 152 valence electrons. The largest absolute Gasteiger partial charge is 0.461 e. The van der Waals surface area contributed by atoms with Crippen molar-refractivity contribution in [2.24, 2.45) is 5.92 Å². The normalized spacial score (nSPS) is 17.8. The Morgan fingerprint density at radius 1 is 1.29 bits per heavy atom. The lowest BCUT2D eigenvalue weighted by molar-refractivity contribution is -0.122. The molecule has 2 aromatic rings. The molecular formula is C22H29FN2O3. The summed E-state index contributed by atoms with van der Waals surface area (Å²) in [5.41, 5.74) is 0.429. The Labute approximate surface area is 165 Å². The van der Waals surface area contributed by atoms with Crippen molar-refractivity contribution in [3.8, 4) is 11.3 Å². The number of hydrogen-bond acceptors (Lipinski definition) is 4. The smallest absolute Gasteiger partial charge is 0.220 e. The first-order valence-electron chi connectivity index (χ1n) is 9.95. The van der Waals surface area contributed by atoms with E-state index in [-0.39, 0.29) is 17.8 Å². The Morgan fingerprint density at radius 2 is 2.11 bits per heavy atom. The number of halogens is 1. The quantitative estimate of drug-likeness (QED) is 0.752. The number of carbonyl (C=O) groups is 1. The molecule has 2 heterocycles. The molecule has 1 fully saturated rings. The second-order valence-electron chi connectivity index (χ2n) is 7.70. The van der Waals surface area contributed by atoms with E-state index in [0.29, 0.717) is 49.0 Å². The molecule has 1 aromatic heterocycles. The SMILES string of the molecule is CC(C)CN1CCO[C@@H](CNC(=O)CCc2ccc(-c3ccccc3F)o2)C1. The van der Waals surface area contributed by atoms with Crippen molar-refractivity contribution in [1.29, 1.82) is 0 Å². The van der Waals surface area contributed by atoms with Gasteiger partial charge in [0.1, 0.15) is 17.3 Å². The Bertz CT molecular complexity index is 775. The van der Waals surface area contributed by atoms with Gasteiger partial charge in [-0.1, -0.05) is 26.0 Å². The summed E-state index contributed by atoms with van der Waals surface area (Å²) in [6.45, 7) is 8.49. The summed E-state index contributed by atoms with van der Waals surface area (Å²) >= 11 is 0. The van der Waals surface area contributed by atoms with Gasteiger partial charge in [0.05, 0.1) is 18.3 Å². The second kappa shape index (κ2) is 9.85. The Hall–Kier alpha value is -2.18. The molecule has 0 bridgehead atoms. The fraction of sp³-hybridized carbons (Fsp3) is 0.500. The minimum atomic E-state index is -0.319. The number of amides is 1. The molecule has 28 heavy (non-hydrogen) atoms. The monoisotopic (exact) mass is 388 g/mol. The average molecular weight is 388 g/mol. The van der Waals surface area contributed by atoms with E-state index in [9.17, 15) is 9.18 Å². The summed E-state index contributed by atoms with van der Waals surface area (Å²) in [5, 5.41) is 2.95. The van der Waals surface area contributed by atoms with Gasteiger partial charge in [0.25, 0.3) is 0 Å². The van der Waals surface area contributed by atoms with E-state index >= 15 is 0 Å². The molecule has 0 spiro atoms. The van der Waals surface area contributed by atoms with Gasteiger partial charge < -0.3 is 14.5 Å². The molecule has 0 aliphatic carbocycles. The predicted molar refractivity (Wildman–Crippen MR) is 106 cm³/mol. The molecule has 1 aromatic carbocycles.